The zero-order chi connectivity index (χ0) is 17.1. The summed E-state index contributed by atoms with van der Waals surface area (Å²) in [5.74, 6) is 1.46. The molecule has 0 spiro atoms. The van der Waals surface area contributed by atoms with Gasteiger partial charge in [-0.25, -0.2) is 4.79 Å². The third kappa shape index (κ3) is 3.22. The fraction of sp³-hybridized carbons (Fsp3) is 0.278. The first-order valence-electron chi connectivity index (χ1n) is 7.50. The minimum atomic E-state index is -0.462. The molecular formula is C18H18O6. The first kappa shape index (κ1) is 16.0. The topological polar surface area (TPSA) is 74.2 Å². The maximum atomic E-state index is 11.4. The molecule has 24 heavy (non-hydrogen) atoms. The van der Waals surface area contributed by atoms with Crippen LogP contribution < -0.4 is 14.2 Å². The molecule has 0 amide bonds. The van der Waals surface area contributed by atoms with Crippen LogP contribution in [-0.4, -0.2) is 31.6 Å². The van der Waals surface area contributed by atoms with Crippen molar-refractivity contribution < 1.29 is 28.8 Å². The van der Waals surface area contributed by atoms with E-state index in [2.05, 4.69) is 4.74 Å². The van der Waals surface area contributed by atoms with E-state index in [1.807, 2.05) is 25.1 Å². The third-order valence-corrected chi connectivity index (χ3v) is 3.94. The summed E-state index contributed by atoms with van der Waals surface area (Å²) in [6.45, 7) is 1.98. The van der Waals surface area contributed by atoms with Gasteiger partial charge in [-0.15, -0.1) is 0 Å². The second-order valence-corrected chi connectivity index (χ2v) is 5.42. The lowest BCUT2D eigenvalue weighted by atomic mass is 9.92. The molecule has 6 nitrogen and oxygen atoms in total. The average molecular weight is 330 g/mol. The first-order valence-corrected chi connectivity index (χ1v) is 7.50. The Labute approximate surface area is 139 Å². The highest BCUT2D eigenvalue weighted by Crippen LogP contribution is 2.42. The maximum absolute atomic E-state index is 11.4. The molecule has 0 unspecified atom stereocenters. The standard InChI is InChI=1S/C18H18O6/c1-11(12-3-5-13(19)6-4-12)14-7-16-17(24-10-23-16)8-15(14)22-9-18(20)21-2/h3-8,11,19H,9-10H2,1-2H3/t11-/m0/s1. The van der Waals surface area contributed by atoms with E-state index in [1.54, 1.807) is 18.2 Å². The smallest absolute Gasteiger partial charge is 0.343 e. The molecule has 0 radical (unpaired) electrons. The summed E-state index contributed by atoms with van der Waals surface area (Å²) in [7, 11) is 1.31. The van der Waals surface area contributed by atoms with E-state index in [4.69, 9.17) is 14.2 Å². The van der Waals surface area contributed by atoms with Crippen LogP contribution in [0.2, 0.25) is 0 Å². The molecule has 2 aromatic rings. The number of methoxy groups -OCH3 is 1. The summed E-state index contributed by atoms with van der Waals surface area (Å²) in [4.78, 5) is 11.4. The van der Waals surface area contributed by atoms with Crippen LogP contribution in [0.25, 0.3) is 0 Å². The number of fused-ring (bicyclic) bond motifs is 1. The highest BCUT2D eigenvalue weighted by atomic mass is 16.7. The van der Waals surface area contributed by atoms with Crippen molar-refractivity contribution >= 4 is 5.97 Å². The lowest BCUT2D eigenvalue weighted by Gasteiger charge is -2.18. The van der Waals surface area contributed by atoms with Gasteiger partial charge in [-0.05, 0) is 23.8 Å². The monoisotopic (exact) mass is 330 g/mol. The van der Waals surface area contributed by atoms with Gasteiger partial charge in [0.1, 0.15) is 11.5 Å². The predicted molar refractivity (Wildman–Crippen MR) is 85.7 cm³/mol. The molecule has 126 valence electrons. The number of rotatable bonds is 5. The van der Waals surface area contributed by atoms with Gasteiger partial charge in [0.05, 0.1) is 7.11 Å². The van der Waals surface area contributed by atoms with E-state index in [0.717, 1.165) is 11.1 Å². The van der Waals surface area contributed by atoms with Crippen molar-refractivity contribution in [3.63, 3.8) is 0 Å². The molecule has 1 atom stereocenters. The lowest BCUT2D eigenvalue weighted by molar-refractivity contribution is -0.142. The Balaban J connectivity index is 1.94. The molecule has 1 aliphatic rings. The van der Waals surface area contributed by atoms with E-state index in [-0.39, 0.29) is 25.1 Å². The zero-order valence-corrected chi connectivity index (χ0v) is 13.4. The second-order valence-electron chi connectivity index (χ2n) is 5.42. The van der Waals surface area contributed by atoms with Crippen LogP contribution in [0, 0.1) is 0 Å². The Morgan fingerprint density at radius 1 is 1.21 bits per heavy atom. The summed E-state index contributed by atoms with van der Waals surface area (Å²) in [6.07, 6.45) is 0. The Morgan fingerprint density at radius 2 is 1.88 bits per heavy atom. The van der Waals surface area contributed by atoms with Gasteiger partial charge in [0.2, 0.25) is 6.79 Å². The van der Waals surface area contributed by atoms with Gasteiger partial charge in [0.25, 0.3) is 0 Å². The number of benzene rings is 2. The Hall–Kier alpha value is -2.89. The molecule has 0 aromatic heterocycles. The fourth-order valence-corrected chi connectivity index (χ4v) is 2.54. The van der Waals surface area contributed by atoms with Crippen molar-refractivity contribution in [2.45, 2.75) is 12.8 Å². The van der Waals surface area contributed by atoms with Crippen molar-refractivity contribution in [2.75, 3.05) is 20.5 Å². The van der Waals surface area contributed by atoms with Crippen molar-refractivity contribution in [2.24, 2.45) is 0 Å². The van der Waals surface area contributed by atoms with Crippen molar-refractivity contribution in [1.82, 2.24) is 0 Å². The van der Waals surface area contributed by atoms with E-state index < -0.39 is 5.97 Å². The number of hydrogen-bond donors (Lipinski definition) is 1. The van der Waals surface area contributed by atoms with Crippen LogP contribution in [-0.2, 0) is 9.53 Å². The maximum Gasteiger partial charge on any atom is 0.343 e. The highest BCUT2D eigenvalue weighted by molar-refractivity contribution is 5.71. The van der Waals surface area contributed by atoms with Crippen molar-refractivity contribution in [3.8, 4) is 23.0 Å². The van der Waals surface area contributed by atoms with Gasteiger partial charge in [0, 0.05) is 17.5 Å². The zero-order valence-electron chi connectivity index (χ0n) is 13.4. The number of phenols is 1. The molecule has 0 aliphatic carbocycles. The Kier molecular flexibility index (Phi) is 4.46. The summed E-state index contributed by atoms with van der Waals surface area (Å²) >= 11 is 0. The molecule has 0 bridgehead atoms. The summed E-state index contributed by atoms with van der Waals surface area (Å²) in [5.41, 5.74) is 1.85. The molecule has 1 aliphatic heterocycles. The molecule has 2 aromatic carbocycles. The molecule has 3 rings (SSSR count). The second kappa shape index (κ2) is 6.70. The number of carbonyl (C=O) groups is 1. The Morgan fingerprint density at radius 3 is 2.54 bits per heavy atom. The van der Waals surface area contributed by atoms with Crippen molar-refractivity contribution in [1.29, 1.82) is 0 Å². The van der Waals surface area contributed by atoms with E-state index in [1.165, 1.54) is 7.11 Å². The fourth-order valence-electron chi connectivity index (χ4n) is 2.54. The molecule has 0 saturated heterocycles. The minimum Gasteiger partial charge on any atom is -0.508 e. The number of carbonyl (C=O) groups excluding carboxylic acids is 1. The number of hydrogen-bond acceptors (Lipinski definition) is 6. The minimum absolute atomic E-state index is 0.0345. The van der Waals surface area contributed by atoms with Crippen LogP contribution in [0.4, 0.5) is 0 Å². The number of esters is 1. The van der Waals surface area contributed by atoms with Gasteiger partial charge in [-0.2, -0.15) is 0 Å². The SMILES string of the molecule is COC(=O)COc1cc2c(cc1[C@@H](C)c1ccc(O)cc1)OCO2. The summed E-state index contributed by atoms with van der Waals surface area (Å²) in [5, 5.41) is 9.45. The van der Waals surface area contributed by atoms with Crippen molar-refractivity contribution in [3.05, 3.63) is 47.5 Å². The third-order valence-electron chi connectivity index (χ3n) is 3.94. The number of ether oxygens (including phenoxy) is 4. The molecule has 0 fully saturated rings. The van der Waals surface area contributed by atoms with E-state index in [0.29, 0.717) is 17.2 Å². The van der Waals surface area contributed by atoms with Crippen LogP contribution in [0.15, 0.2) is 36.4 Å². The molecule has 0 saturated carbocycles. The van der Waals surface area contributed by atoms with Crippen LogP contribution >= 0.6 is 0 Å². The van der Waals surface area contributed by atoms with Crippen LogP contribution in [0.5, 0.6) is 23.0 Å². The van der Waals surface area contributed by atoms with Gasteiger partial charge in [-0.3, -0.25) is 0 Å². The molecule has 6 heteroatoms. The predicted octanol–water partition coefficient (Wildman–Crippen LogP) is 2.82. The van der Waals surface area contributed by atoms with Crippen LogP contribution in [0.3, 0.4) is 0 Å². The molecule has 1 N–H and O–H groups in total. The molecule has 1 heterocycles. The molecular weight excluding hydrogens is 312 g/mol. The highest BCUT2D eigenvalue weighted by Gasteiger charge is 2.22. The lowest BCUT2D eigenvalue weighted by Crippen LogP contribution is -2.14. The Bertz CT molecular complexity index is 738. The first-order chi connectivity index (χ1) is 11.6. The van der Waals surface area contributed by atoms with E-state index in [9.17, 15) is 9.90 Å². The van der Waals surface area contributed by atoms with Gasteiger partial charge >= 0.3 is 5.97 Å². The summed E-state index contributed by atoms with van der Waals surface area (Å²) in [6, 6.07) is 10.5. The van der Waals surface area contributed by atoms with Gasteiger partial charge < -0.3 is 24.1 Å². The van der Waals surface area contributed by atoms with Gasteiger partial charge in [0.15, 0.2) is 18.1 Å². The van der Waals surface area contributed by atoms with Crippen LogP contribution in [0.1, 0.15) is 24.0 Å². The number of aromatic hydroxyl groups is 1. The quantitative estimate of drug-likeness (QED) is 0.850. The van der Waals surface area contributed by atoms with Gasteiger partial charge in [-0.1, -0.05) is 19.1 Å². The average Bonchev–Trinajstić information content (AvgIpc) is 3.06. The summed E-state index contributed by atoms with van der Waals surface area (Å²) < 4.78 is 21.1. The largest absolute Gasteiger partial charge is 0.508 e. The normalized spacial score (nSPS) is 13.4. The van der Waals surface area contributed by atoms with E-state index >= 15 is 0 Å². The number of phenolic OH excluding ortho intramolecular Hbond substituents is 1.